The highest BCUT2D eigenvalue weighted by molar-refractivity contribution is 5.84. The largest absolute Gasteiger partial charge is 0.368 e. The van der Waals surface area contributed by atoms with Crippen LogP contribution in [-0.4, -0.2) is 57.6 Å². The van der Waals surface area contributed by atoms with Gasteiger partial charge in [-0.1, -0.05) is 0 Å². The van der Waals surface area contributed by atoms with Crippen LogP contribution in [0.5, 0.6) is 0 Å². The van der Waals surface area contributed by atoms with Gasteiger partial charge in [-0.2, -0.15) is 9.97 Å². The number of piperazine rings is 1. The van der Waals surface area contributed by atoms with Crippen molar-refractivity contribution in [2.24, 2.45) is 7.05 Å². The monoisotopic (exact) mass is 247 g/mol. The molecule has 0 saturated carbocycles. The summed E-state index contributed by atoms with van der Waals surface area (Å²) in [6.07, 6.45) is 1.75. The van der Waals surface area contributed by atoms with Crippen molar-refractivity contribution in [3.05, 3.63) is 6.33 Å². The zero-order chi connectivity index (χ0) is 12.7. The van der Waals surface area contributed by atoms with E-state index >= 15 is 0 Å². The fourth-order valence-corrected chi connectivity index (χ4v) is 2.25. The Morgan fingerprint density at radius 1 is 1.11 bits per heavy atom. The molecule has 0 amide bonds. The van der Waals surface area contributed by atoms with E-state index in [1.165, 1.54) is 0 Å². The van der Waals surface area contributed by atoms with Gasteiger partial charge in [-0.3, -0.25) is 0 Å². The van der Waals surface area contributed by atoms with E-state index in [1.807, 2.05) is 11.6 Å². The van der Waals surface area contributed by atoms with Crippen LogP contribution in [-0.2, 0) is 7.05 Å². The SMILES string of the molecule is CN1CCN(c2nc(N)nc3c2ncn3C)CC1. The Morgan fingerprint density at radius 3 is 2.56 bits per heavy atom. The lowest BCUT2D eigenvalue weighted by Gasteiger charge is -2.33. The van der Waals surface area contributed by atoms with Gasteiger partial charge in [0.1, 0.15) is 0 Å². The number of rotatable bonds is 1. The first kappa shape index (κ1) is 11.2. The van der Waals surface area contributed by atoms with Crippen LogP contribution in [0.25, 0.3) is 11.2 Å². The van der Waals surface area contributed by atoms with Gasteiger partial charge in [-0.05, 0) is 7.05 Å². The molecule has 3 heterocycles. The molecular weight excluding hydrogens is 230 g/mol. The maximum absolute atomic E-state index is 5.79. The molecule has 7 nitrogen and oxygen atoms in total. The summed E-state index contributed by atoms with van der Waals surface area (Å²) in [5.74, 6) is 1.16. The van der Waals surface area contributed by atoms with Crippen molar-refractivity contribution >= 4 is 22.9 Å². The molecule has 2 aromatic heterocycles. The summed E-state index contributed by atoms with van der Waals surface area (Å²) in [7, 11) is 4.04. The lowest BCUT2D eigenvalue weighted by Crippen LogP contribution is -2.45. The highest BCUT2D eigenvalue weighted by atomic mass is 15.3. The van der Waals surface area contributed by atoms with Gasteiger partial charge >= 0.3 is 0 Å². The van der Waals surface area contributed by atoms with Gasteiger partial charge in [-0.15, -0.1) is 0 Å². The predicted octanol–water partition coefficient (Wildman–Crippen LogP) is -0.303. The molecule has 18 heavy (non-hydrogen) atoms. The Kier molecular flexibility index (Phi) is 2.55. The summed E-state index contributed by atoms with van der Waals surface area (Å²) in [5, 5.41) is 0. The van der Waals surface area contributed by atoms with Crippen LogP contribution in [0, 0.1) is 0 Å². The van der Waals surface area contributed by atoms with Crippen molar-refractivity contribution in [2.45, 2.75) is 0 Å². The third kappa shape index (κ3) is 1.76. The Balaban J connectivity index is 2.05. The molecule has 1 fully saturated rings. The van der Waals surface area contributed by atoms with Crippen molar-refractivity contribution in [1.82, 2.24) is 24.4 Å². The fraction of sp³-hybridized carbons (Fsp3) is 0.545. The maximum atomic E-state index is 5.79. The van der Waals surface area contributed by atoms with Crippen LogP contribution in [0.15, 0.2) is 6.33 Å². The zero-order valence-electron chi connectivity index (χ0n) is 10.7. The van der Waals surface area contributed by atoms with Gasteiger partial charge in [0, 0.05) is 33.2 Å². The minimum Gasteiger partial charge on any atom is -0.368 e. The van der Waals surface area contributed by atoms with Crippen LogP contribution in [0.4, 0.5) is 11.8 Å². The maximum Gasteiger partial charge on any atom is 0.224 e. The summed E-state index contributed by atoms with van der Waals surface area (Å²) >= 11 is 0. The average Bonchev–Trinajstić information content (AvgIpc) is 2.71. The van der Waals surface area contributed by atoms with E-state index in [2.05, 4.69) is 31.8 Å². The Labute approximate surface area is 105 Å². The number of nitrogen functional groups attached to an aromatic ring is 1. The Morgan fingerprint density at radius 2 is 1.83 bits per heavy atom. The summed E-state index contributed by atoms with van der Waals surface area (Å²) in [6.45, 7) is 3.94. The third-order valence-corrected chi connectivity index (χ3v) is 3.36. The smallest absolute Gasteiger partial charge is 0.224 e. The van der Waals surface area contributed by atoms with Gasteiger partial charge in [0.15, 0.2) is 17.0 Å². The topological polar surface area (TPSA) is 76.1 Å². The predicted molar refractivity (Wildman–Crippen MR) is 70.4 cm³/mol. The van der Waals surface area contributed by atoms with Crippen LogP contribution < -0.4 is 10.6 Å². The van der Waals surface area contributed by atoms with Gasteiger partial charge in [0.25, 0.3) is 0 Å². The van der Waals surface area contributed by atoms with Crippen LogP contribution >= 0.6 is 0 Å². The first-order chi connectivity index (χ1) is 8.65. The van der Waals surface area contributed by atoms with Crippen LogP contribution in [0.3, 0.4) is 0 Å². The zero-order valence-corrected chi connectivity index (χ0v) is 10.7. The number of imidazole rings is 1. The molecule has 96 valence electrons. The van der Waals surface area contributed by atoms with E-state index < -0.39 is 0 Å². The highest BCUT2D eigenvalue weighted by Crippen LogP contribution is 2.23. The van der Waals surface area contributed by atoms with Crippen LogP contribution in [0.1, 0.15) is 0 Å². The summed E-state index contributed by atoms with van der Waals surface area (Å²) < 4.78 is 1.87. The van der Waals surface area contributed by atoms with Crippen molar-refractivity contribution in [3.63, 3.8) is 0 Å². The second-order valence-electron chi connectivity index (χ2n) is 4.72. The number of nitrogens with two attached hydrogens (primary N) is 1. The minimum absolute atomic E-state index is 0.306. The number of aryl methyl sites for hydroxylation is 1. The number of fused-ring (bicyclic) bond motifs is 1. The number of likely N-dealkylation sites (N-methyl/N-ethyl adjacent to an activating group) is 1. The van der Waals surface area contributed by atoms with E-state index in [0.717, 1.165) is 43.2 Å². The molecule has 0 unspecified atom stereocenters. The molecule has 3 rings (SSSR count). The van der Waals surface area contributed by atoms with Gasteiger partial charge < -0.3 is 20.1 Å². The first-order valence-electron chi connectivity index (χ1n) is 6.03. The van der Waals surface area contributed by atoms with Crippen molar-refractivity contribution in [2.75, 3.05) is 43.9 Å². The molecule has 0 aromatic carbocycles. The van der Waals surface area contributed by atoms with Gasteiger partial charge in [0.05, 0.1) is 6.33 Å². The standard InChI is InChI=1S/C11H17N7/c1-16-3-5-18(6-4-16)10-8-9(14-11(12)15-10)17(2)7-13-8/h7H,3-6H2,1-2H3,(H2,12,14,15). The van der Waals surface area contributed by atoms with E-state index in [9.17, 15) is 0 Å². The minimum atomic E-state index is 0.306. The van der Waals surface area contributed by atoms with Crippen LogP contribution in [0.2, 0.25) is 0 Å². The summed E-state index contributed by atoms with van der Waals surface area (Å²) in [4.78, 5) is 17.5. The summed E-state index contributed by atoms with van der Waals surface area (Å²) in [6, 6.07) is 0. The van der Waals surface area contributed by atoms with Crippen molar-refractivity contribution in [3.8, 4) is 0 Å². The molecule has 1 aliphatic rings. The Bertz CT molecular complexity index is 568. The molecule has 2 N–H and O–H groups in total. The molecule has 0 bridgehead atoms. The number of anilines is 2. The van der Waals surface area contributed by atoms with E-state index in [4.69, 9.17) is 5.73 Å². The second kappa shape index (κ2) is 4.09. The first-order valence-corrected chi connectivity index (χ1v) is 6.03. The van der Waals surface area contributed by atoms with Gasteiger partial charge in [-0.25, -0.2) is 4.98 Å². The lowest BCUT2D eigenvalue weighted by atomic mass is 10.3. The van der Waals surface area contributed by atoms with Gasteiger partial charge in [0.2, 0.25) is 5.95 Å². The molecule has 1 saturated heterocycles. The lowest BCUT2D eigenvalue weighted by molar-refractivity contribution is 0.312. The molecule has 0 atom stereocenters. The molecule has 0 spiro atoms. The molecule has 0 aliphatic carbocycles. The summed E-state index contributed by atoms with van der Waals surface area (Å²) in [5.41, 5.74) is 7.40. The fourth-order valence-electron chi connectivity index (χ4n) is 2.25. The van der Waals surface area contributed by atoms with E-state index in [1.54, 1.807) is 6.33 Å². The highest BCUT2D eigenvalue weighted by Gasteiger charge is 2.20. The Hall–Kier alpha value is -1.89. The van der Waals surface area contributed by atoms with E-state index in [0.29, 0.717) is 5.95 Å². The molecular formula is C11H17N7. The molecule has 2 aromatic rings. The number of hydrogen-bond donors (Lipinski definition) is 1. The number of hydrogen-bond acceptors (Lipinski definition) is 6. The molecule has 0 radical (unpaired) electrons. The number of aromatic nitrogens is 4. The second-order valence-corrected chi connectivity index (χ2v) is 4.72. The molecule has 1 aliphatic heterocycles. The average molecular weight is 247 g/mol. The molecule has 7 heteroatoms. The normalized spacial score (nSPS) is 17.6. The third-order valence-electron chi connectivity index (χ3n) is 3.36. The van der Waals surface area contributed by atoms with Crippen molar-refractivity contribution < 1.29 is 0 Å². The van der Waals surface area contributed by atoms with Crippen molar-refractivity contribution in [1.29, 1.82) is 0 Å². The van der Waals surface area contributed by atoms with E-state index in [-0.39, 0.29) is 0 Å². The number of nitrogens with zero attached hydrogens (tertiary/aromatic N) is 6. The quantitative estimate of drug-likeness (QED) is 0.745.